The fourth-order valence-corrected chi connectivity index (χ4v) is 3.36. The fourth-order valence-electron chi connectivity index (χ4n) is 3.15. The number of aromatic amines is 1. The van der Waals surface area contributed by atoms with Gasteiger partial charge in [-0.2, -0.15) is 0 Å². The Morgan fingerprint density at radius 1 is 1.34 bits per heavy atom. The molecule has 3 atom stereocenters. The van der Waals surface area contributed by atoms with Crippen LogP contribution in [-0.2, 0) is 0 Å². The molecule has 3 rings (SSSR count). The maximum atomic E-state index is 12.7. The summed E-state index contributed by atoms with van der Waals surface area (Å²) in [4.78, 5) is 19.8. The molecule has 8 heteroatoms. The first-order valence-corrected chi connectivity index (χ1v) is 9.86. The minimum absolute atomic E-state index is 0.0217. The van der Waals surface area contributed by atoms with Crippen LogP contribution in [0.2, 0.25) is 5.02 Å². The van der Waals surface area contributed by atoms with E-state index in [1.807, 2.05) is 31.2 Å². The second-order valence-corrected chi connectivity index (χ2v) is 7.46. The summed E-state index contributed by atoms with van der Waals surface area (Å²) in [6.07, 6.45) is 11.9. The lowest BCUT2D eigenvalue weighted by atomic mass is 9.93. The maximum Gasteiger partial charge on any atom is 0.268 e. The Labute approximate surface area is 174 Å². The number of carbonyl (C=O) groups excluding carboxylic acids is 1. The molecule has 7 nitrogen and oxygen atoms in total. The molecule has 0 spiro atoms. The Bertz CT molecular complexity index is 909. The highest BCUT2D eigenvalue weighted by Gasteiger charge is 2.22. The van der Waals surface area contributed by atoms with E-state index in [1.165, 1.54) is 6.20 Å². The van der Waals surface area contributed by atoms with Crippen LogP contribution in [-0.4, -0.2) is 51.4 Å². The van der Waals surface area contributed by atoms with Crippen LogP contribution in [0.5, 0.6) is 0 Å². The number of nitrogens with one attached hydrogen (secondary N) is 3. The van der Waals surface area contributed by atoms with Gasteiger partial charge >= 0.3 is 0 Å². The van der Waals surface area contributed by atoms with Gasteiger partial charge in [-0.05, 0) is 25.5 Å². The number of H-pyrrole nitrogens is 1. The summed E-state index contributed by atoms with van der Waals surface area (Å²) in [5.74, 6) is 0.339. The number of aliphatic hydroxyl groups excluding tert-OH is 2. The quantitative estimate of drug-likeness (QED) is 0.454. The standard InChI is InChI=1S/C21H25ClN4O3/c1-13(11-27)25-20-8-16(17(22)10-24-20)15-7-18(23-9-15)21(29)26-19(12-28)14-5-3-2-4-6-14/h2-5,7-10,13-14,19,23,27-28H,6,11-12H2,1H3,(H,24,25)(H,26,29)/t13-,14?,19+/m0/s1. The molecule has 1 aliphatic rings. The first-order valence-electron chi connectivity index (χ1n) is 9.48. The third-order valence-electron chi connectivity index (χ3n) is 4.81. The predicted molar refractivity (Wildman–Crippen MR) is 114 cm³/mol. The average molecular weight is 417 g/mol. The largest absolute Gasteiger partial charge is 0.394 e. The number of nitrogens with zero attached hydrogens (tertiary/aromatic N) is 1. The first kappa shape index (κ1) is 21.1. The van der Waals surface area contributed by atoms with Gasteiger partial charge in [-0.25, -0.2) is 4.98 Å². The van der Waals surface area contributed by atoms with Crippen molar-refractivity contribution in [3.63, 3.8) is 0 Å². The number of halogens is 1. The molecular formula is C21H25ClN4O3. The van der Waals surface area contributed by atoms with Gasteiger partial charge in [0.05, 0.1) is 24.3 Å². The topological polar surface area (TPSA) is 110 Å². The summed E-state index contributed by atoms with van der Waals surface area (Å²) in [6.45, 7) is 1.67. The fraction of sp³-hybridized carbons (Fsp3) is 0.333. The van der Waals surface area contributed by atoms with Gasteiger partial charge in [-0.15, -0.1) is 0 Å². The van der Waals surface area contributed by atoms with E-state index in [2.05, 4.69) is 20.6 Å². The maximum absolute atomic E-state index is 12.7. The van der Waals surface area contributed by atoms with E-state index in [0.717, 1.165) is 12.0 Å². The molecule has 154 valence electrons. The van der Waals surface area contributed by atoms with Crippen molar-refractivity contribution < 1.29 is 15.0 Å². The molecule has 2 aromatic rings. The van der Waals surface area contributed by atoms with E-state index < -0.39 is 0 Å². The molecule has 5 N–H and O–H groups in total. The normalized spacial score (nSPS) is 17.7. The van der Waals surface area contributed by atoms with Gasteiger partial charge in [0.25, 0.3) is 5.91 Å². The Hall–Kier alpha value is -2.61. The van der Waals surface area contributed by atoms with Crippen LogP contribution in [0.3, 0.4) is 0 Å². The average Bonchev–Trinajstić information content (AvgIpc) is 3.24. The third-order valence-corrected chi connectivity index (χ3v) is 5.11. The Morgan fingerprint density at radius 2 is 2.17 bits per heavy atom. The third kappa shape index (κ3) is 5.26. The first-order chi connectivity index (χ1) is 14.0. The van der Waals surface area contributed by atoms with E-state index in [0.29, 0.717) is 22.1 Å². The van der Waals surface area contributed by atoms with Gasteiger partial charge in [0.1, 0.15) is 11.5 Å². The molecule has 1 amide bonds. The van der Waals surface area contributed by atoms with E-state index in [9.17, 15) is 15.0 Å². The van der Waals surface area contributed by atoms with Gasteiger partial charge < -0.3 is 25.8 Å². The number of rotatable bonds is 8. The van der Waals surface area contributed by atoms with Crippen molar-refractivity contribution in [1.29, 1.82) is 0 Å². The van der Waals surface area contributed by atoms with Crippen LogP contribution in [0.1, 0.15) is 23.8 Å². The highest BCUT2D eigenvalue weighted by Crippen LogP contribution is 2.30. The second-order valence-electron chi connectivity index (χ2n) is 7.05. The number of aromatic nitrogens is 2. The van der Waals surface area contributed by atoms with Crippen molar-refractivity contribution in [2.45, 2.75) is 25.4 Å². The molecule has 0 saturated heterocycles. The molecule has 29 heavy (non-hydrogen) atoms. The highest BCUT2D eigenvalue weighted by molar-refractivity contribution is 6.33. The van der Waals surface area contributed by atoms with E-state index >= 15 is 0 Å². The predicted octanol–water partition coefficient (Wildman–Crippen LogP) is 2.75. The number of carbonyl (C=O) groups is 1. The van der Waals surface area contributed by atoms with Gasteiger partial charge in [0, 0.05) is 35.5 Å². The molecule has 0 aliphatic heterocycles. The number of allylic oxidation sites excluding steroid dienone is 3. The number of hydrogen-bond acceptors (Lipinski definition) is 5. The van der Waals surface area contributed by atoms with Crippen LogP contribution < -0.4 is 10.6 Å². The van der Waals surface area contributed by atoms with Crippen LogP contribution >= 0.6 is 11.6 Å². The zero-order valence-corrected chi connectivity index (χ0v) is 16.9. The van der Waals surface area contributed by atoms with E-state index in [1.54, 1.807) is 18.3 Å². The lowest BCUT2D eigenvalue weighted by Crippen LogP contribution is -2.42. The van der Waals surface area contributed by atoms with Crippen molar-refractivity contribution in [3.05, 3.63) is 59.5 Å². The van der Waals surface area contributed by atoms with Crippen LogP contribution in [0, 0.1) is 5.92 Å². The number of hydrogen-bond donors (Lipinski definition) is 5. The second kappa shape index (κ2) is 9.73. The van der Waals surface area contributed by atoms with Crippen molar-refractivity contribution >= 4 is 23.3 Å². The highest BCUT2D eigenvalue weighted by atomic mass is 35.5. The number of aliphatic hydroxyl groups is 2. The van der Waals surface area contributed by atoms with Gasteiger partial charge in [0.2, 0.25) is 0 Å². The molecule has 2 aromatic heterocycles. The molecule has 0 fully saturated rings. The summed E-state index contributed by atoms with van der Waals surface area (Å²) in [7, 11) is 0. The monoisotopic (exact) mass is 416 g/mol. The summed E-state index contributed by atoms with van der Waals surface area (Å²) < 4.78 is 0. The van der Waals surface area contributed by atoms with Crippen molar-refractivity contribution in [2.75, 3.05) is 18.5 Å². The van der Waals surface area contributed by atoms with Crippen LogP contribution in [0.15, 0.2) is 48.8 Å². The molecule has 0 bridgehead atoms. The molecule has 0 radical (unpaired) electrons. The molecule has 2 heterocycles. The summed E-state index contributed by atoms with van der Waals surface area (Å²) in [5, 5.41) is 25.3. The molecular weight excluding hydrogens is 392 g/mol. The van der Waals surface area contributed by atoms with Crippen LogP contribution in [0.25, 0.3) is 11.1 Å². The zero-order chi connectivity index (χ0) is 20.8. The smallest absolute Gasteiger partial charge is 0.268 e. The van der Waals surface area contributed by atoms with Crippen LogP contribution in [0.4, 0.5) is 5.82 Å². The molecule has 1 unspecified atom stereocenters. The minimum atomic E-state index is -0.365. The van der Waals surface area contributed by atoms with E-state index in [4.69, 9.17) is 11.6 Å². The Balaban J connectivity index is 1.74. The minimum Gasteiger partial charge on any atom is -0.394 e. The van der Waals surface area contributed by atoms with Crippen molar-refractivity contribution in [3.8, 4) is 11.1 Å². The van der Waals surface area contributed by atoms with Gasteiger partial charge in [-0.1, -0.05) is 35.9 Å². The summed E-state index contributed by atoms with van der Waals surface area (Å²) >= 11 is 6.30. The molecule has 1 aliphatic carbocycles. The van der Waals surface area contributed by atoms with Gasteiger partial charge in [-0.3, -0.25) is 4.79 Å². The van der Waals surface area contributed by atoms with Gasteiger partial charge in [0.15, 0.2) is 0 Å². The van der Waals surface area contributed by atoms with E-state index in [-0.39, 0.29) is 37.1 Å². The SMILES string of the molecule is C[C@@H](CO)Nc1cc(-c2c[nH]c(C(=O)N[C@H](CO)C3C=CC=CC3)c2)c(Cl)cn1. The number of pyridine rings is 1. The van der Waals surface area contributed by atoms with Crippen molar-refractivity contribution in [1.82, 2.24) is 15.3 Å². The number of anilines is 1. The summed E-state index contributed by atoms with van der Waals surface area (Å²) in [6, 6.07) is 2.97. The Kier molecular flexibility index (Phi) is 7.09. The zero-order valence-electron chi connectivity index (χ0n) is 16.1. The van der Waals surface area contributed by atoms with Crippen molar-refractivity contribution in [2.24, 2.45) is 5.92 Å². The lowest BCUT2D eigenvalue weighted by molar-refractivity contribution is 0.0895. The number of amides is 1. The molecule has 0 aromatic carbocycles. The molecule has 0 saturated carbocycles. The summed E-state index contributed by atoms with van der Waals surface area (Å²) in [5.41, 5.74) is 1.83. The Morgan fingerprint density at radius 3 is 2.86 bits per heavy atom. The lowest BCUT2D eigenvalue weighted by Gasteiger charge is -2.24.